The van der Waals surface area contributed by atoms with Gasteiger partial charge < -0.3 is 18.9 Å². The molecule has 0 unspecified atom stereocenters. The molecule has 6 heteroatoms. The Morgan fingerprint density at radius 2 is 1.32 bits per heavy atom. The zero-order valence-corrected chi connectivity index (χ0v) is 16.8. The summed E-state index contributed by atoms with van der Waals surface area (Å²) in [4.78, 5) is 0. The largest absolute Gasteiger partial charge is 0.345 e. The summed E-state index contributed by atoms with van der Waals surface area (Å²) in [7, 11) is 0. The molecular formula is C22H26N2O4. The smallest absolute Gasteiger partial charge is 0.259 e. The summed E-state index contributed by atoms with van der Waals surface area (Å²) in [5, 5.41) is 20.1. The summed E-state index contributed by atoms with van der Waals surface area (Å²) in [6.07, 6.45) is 0. The van der Waals surface area contributed by atoms with Gasteiger partial charge in [0.15, 0.2) is 0 Å². The normalized spacial score (nSPS) is 20.7. The Bertz CT molecular complexity index is 772. The van der Waals surface area contributed by atoms with Crippen LogP contribution in [0.1, 0.15) is 33.3 Å². The molecule has 28 heavy (non-hydrogen) atoms. The minimum Gasteiger partial charge on any atom is -0.345 e. The van der Waals surface area contributed by atoms with Crippen LogP contribution in [0.2, 0.25) is 0 Å². The van der Waals surface area contributed by atoms with Crippen molar-refractivity contribution in [3.05, 3.63) is 35.9 Å². The lowest BCUT2D eigenvalue weighted by atomic mass is 9.51. The molecule has 1 aliphatic carbocycles. The van der Waals surface area contributed by atoms with Crippen LogP contribution in [0, 0.1) is 45.8 Å². The maximum absolute atomic E-state index is 10.1. The fourth-order valence-corrected chi connectivity index (χ4v) is 3.75. The first-order chi connectivity index (χ1) is 13.6. The molecule has 6 nitrogen and oxygen atoms in total. The van der Waals surface area contributed by atoms with Gasteiger partial charge in [0.2, 0.25) is 11.2 Å². The van der Waals surface area contributed by atoms with E-state index in [2.05, 4.69) is 24.0 Å². The molecule has 2 rings (SSSR count). The first kappa shape index (κ1) is 21.9. The lowest BCUT2D eigenvalue weighted by molar-refractivity contribution is -0.503. The molecule has 0 heterocycles. The monoisotopic (exact) mass is 382 g/mol. The molecule has 1 aliphatic rings. The zero-order valence-electron chi connectivity index (χ0n) is 16.8. The van der Waals surface area contributed by atoms with Crippen molar-refractivity contribution in [3.63, 3.8) is 0 Å². The highest BCUT2D eigenvalue weighted by atomic mass is 16.8. The Kier molecular flexibility index (Phi) is 7.19. The molecule has 1 fully saturated rings. The van der Waals surface area contributed by atoms with Gasteiger partial charge in [0.05, 0.1) is 12.1 Å². The van der Waals surface area contributed by atoms with Crippen LogP contribution in [-0.2, 0) is 18.9 Å². The van der Waals surface area contributed by atoms with E-state index < -0.39 is 22.9 Å². The highest BCUT2D eigenvalue weighted by Gasteiger charge is 2.87. The van der Waals surface area contributed by atoms with Crippen LogP contribution in [-0.4, -0.2) is 38.0 Å². The zero-order chi connectivity index (χ0) is 20.7. The fraction of sp³-hybridized carbons (Fsp3) is 0.545. The number of benzene rings is 1. The molecule has 0 bridgehead atoms. The van der Waals surface area contributed by atoms with Crippen LogP contribution in [0.4, 0.5) is 0 Å². The van der Waals surface area contributed by atoms with Crippen LogP contribution >= 0.6 is 0 Å². The quantitative estimate of drug-likeness (QED) is 0.507. The Morgan fingerprint density at radius 1 is 0.821 bits per heavy atom. The SMILES string of the molecule is CCOC1(OCC)[C@@H](C#Cc2ccccc2)C(C#N)(C#N)C1(OCC)OCC. The molecule has 0 spiro atoms. The van der Waals surface area contributed by atoms with Crippen LogP contribution < -0.4 is 0 Å². The Labute approximate surface area is 167 Å². The summed E-state index contributed by atoms with van der Waals surface area (Å²) >= 11 is 0. The maximum atomic E-state index is 10.1. The van der Waals surface area contributed by atoms with Crippen molar-refractivity contribution in [1.29, 1.82) is 10.5 Å². The van der Waals surface area contributed by atoms with E-state index in [0.717, 1.165) is 5.56 Å². The van der Waals surface area contributed by atoms with Gasteiger partial charge in [-0.25, -0.2) is 0 Å². The van der Waals surface area contributed by atoms with Crippen molar-refractivity contribution in [2.24, 2.45) is 11.3 Å². The minimum absolute atomic E-state index is 0.214. The van der Waals surface area contributed by atoms with E-state index in [1.807, 2.05) is 44.2 Å². The third-order valence-corrected chi connectivity index (χ3v) is 4.69. The van der Waals surface area contributed by atoms with Gasteiger partial charge in [-0.2, -0.15) is 10.5 Å². The minimum atomic E-state index is -1.70. The molecule has 148 valence electrons. The lowest BCUT2D eigenvalue weighted by Gasteiger charge is -2.64. The van der Waals surface area contributed by atoms with Crippen LogP contribution in [0.5, 0.6) is 0 Å². The average Bonchev–Trinajstić information content (AvgIpc) is 2.71. The molecular weight excluding hydrogens is 356 g/mol. The van der Waals surface area contributed by atoms with Crippen molar-refractivity contribution in [2.75, 3.05) is 26.4 Å². The standard InChI is InChI=1S/C22H26N2O4/c1-5-25-21(26-6-2)19(15-14-18-12-10-9-11-13-18)20(16-23,17-24)22(21,27-7-3)28-8-4/h9-13,19H,5-8H2,1-4H3/t19-/m0/s1. The highest BCUT2D eigenvalue weighted by molar-refractivity contribution is 5.45. The number of nitriles is 2. The van der Waals surface area contributed by atoms with E-state index in [1.165, 1.54) is 0 Å². The van der Waals surface area contributed by atoms with Gasteiger partial charge in [-0.3, -0.25) is 0 Å². The van der Waals surface area contributed by atoms with Gasteiger partial charge in [-0.15, -0.1) is 0 Å². The predicted molar refractivity (Wildman–Crippen MR) is 102 cm³/mol. The summed E-state index contributed by atoms with van der Waals surface area (Å²) in [6, 6.07) is 13.6. The predicted octanol–water partition coefficient (Wildman–Crippen LogP) is 3.24. The van der Waals surface area contributed by atoms with Gasteiger partial charge in [0, 0.05) is 32.0 Å². The maximum Gasteiger partial charge on any atom is 0.259 e. The fourth-order valence-electron chi connectivity index (χ4n) is 3.75. The summed E-state index contributed by atoms with van der Waals surface area (Å²) in [5.41, 5.74) is -0.940. The lowest BCUT2D eigenvalue weighted by Crippen LogP contribution is -2.84. The number of hydrogen-bond acceptors (Lipinski definition) is 6. The van der Waals surface area contributed by atoms with Crippen LogP contribution in [0.15, 0.2) is 30.3 Å². The average molecular weight is 382 g/mol. The molecule has 0 aliphatic heterocycles. The first-order valence-electron chi connectivity index (χ1n) is 9.52. The van der Waals surface area contributed by atoms with E-state index in [0.29, 0.717) is 0 Å². The number of hydrogen-bond donors (Lipinski definition) is 0. The summed E-state index contributed by atoms with van der Waals surface area (Å²) in [6.45, 7) is 8.14. The number of rotatable bonds is 8. The topological polar surface area (TPSA) is 84.5 Å². The van der Waals surface area contributed by atoms with Gasteiger partial charge in [0.25, 0.3) is 5.79 Å². The second kappa shape index (κ2) is 9.20. The third kappa shape index (κ3) is 3.08. The Morgan fingerprint density at radius 3 is 1.75 bits per heavy atom. The van der Waals surface area contributed by atoms with Crippen LogP contribution in [0.3, 0.4) is 0 Å². The van der Waals surface area contributed by atoms with E-state index in [-0.39, 0.29) is 26.4 Å². The molecule has 1 aromatic rings. The van der Waals surface area contributed by atoms with Crippen molar-refractivity contribution >= 4 is 0 Å². The first-order valence-corrected chi connectivity index (χ1v) is 9.52. The molecule has 0 N–H and O–H groups in total. The van der Waals surface area contributed by atoms with E-state index >= 15 is 0 Å². The van der Waals surface area contributed by atoms with Gasteiger partial charge in [0.1, 0.15) is 5.92 Å². The third-order valence-electron chi connectivity index (χ3n) is 4.69. The second-order valence-corrected chi connectivity index (χ2v) is 6.12. The highest BCUT2D eigenvalue weighted by Crippen LogP contribution is 2.65. The van der Waals surface area contributed by atoms with Crippen molar-refractivity contribution in [1.82, 2.24) is 0 Å². The van der Waals surface area contributed by atoms with Crippen LogP contribution in [0.25, 0.3) is 0 Å². The van der Waals surface area contributed by atoms with E-state index in [4.69, 9.17) is 18.9 Å². The molecule has 0 amide bonds. The Balaban J connectivity index is 2.70. The van der Waals surface area contributed by atoms with Crippen molar-refractivity contribution in [2.45, 2.75) is 39.3 Å². The second-order valence-electron chi connectivity index (χ2n) is 6.12. The van der Waals surface area contributed by atoms with E-state index in [9.17, 15) is 10.5 Å². The number of nitrogens with zero attached hydrogens (tertiary/aromatic N) is 2. The molecule has 0 radical (unpaired) electrons. The summed E-state index contributed by atoms with van der Waals surface area (Å²) < 4.78 is 23.9. The molecule has 0 saturated heterocycles. The summed E-state index contributed by atoms with van der Waals surface area (Å²) in [5.74, 6) is 2.02. The molecule has 1 aromatic carbocycles. The van der Waals surface area contributed by atoms with Crippen molar-refractivity contribution < 1.29 is 18.9 Å². The molecule has 1 saturated carbocycles. The number of ether oxygens (including phenoxy) is 4. The Hall–Kier alpha value is -2.40. The van der Waals surface area contributed by atoms with E-state index in [1.54, 1.807) is 13.8 Å². The van der Waals surface area contributed by atoms with Crippen molar-refractivity contribution in [3.8, 4) is 24.0 Å². The van der Waals surface area contributed by atoms with Gasteiger partial charge in [-0.05, 0) is 39.8 Å². The van der Waals surface area contributed by atoms with Gasteiger partial charge in [-0.1, -0.05) is 30.0 Å². The molecule has 0 aromatic heterocycles. The molecule has 1 atom stereocenters. The van der Waals surface area contributed by atoms with Gasteiger partial charge >= 0.3 is 0 Å².